The molecule has 1 unspecified atom stereocenters. The summed E-state index contributed by atoms with van der Waals surface area (Å²) < 4.78 is 14.9. The van der Waals surface area contributed by atoms with Crippen molar-refractivity contribution in [3.8, 4) is 11.4 Å². The predicted molar refractivity (Wildman–Crippen MR) is 76.7 cm³/mol. The number of aromatic nitrogens is 3. The van der Waals surface area contributed by atoms with Gasteiger partial charge in [0.05, 0.1) is 6.07 Å². The van der Waals surface area contributed by atoms with Crippen LogP contribution < -0.4 is 0 Å². The van der Waals surface area contributed by atoms with Crippen LogP contribution in [-0.4, -0.2) is 26.0 Å². The fourth-order valence-corrected chi connectivity index (χ4v) is 1.82. The second-order valence-corrected chi connectivity index (χ2v) is 4.64. The molecule has 10 heteroatoms. The minimum Gasteiger partial charge on any atom is -0.447 e. The minimum atomic E-state index is -0.878. The Morgan fingerprint density at radius 2 is 2.21 bits per heavy atom. The Labute approximate surface area is 134 Å². The van der Waals surface area contributed by atoms with Gasteiger partial charge in [-0.2, -0.15) is 4.98 Å². The lowest BCUT2D eigenvalue weighted by molar-refractivity contribution is -0.402. The van der Waals surface area contributed by atoms with Gasteiger partial charge in [0.15, 0.2) is 6.10 Å². The number of ether oxygens (including phenoxy) is 1. The molecule has 0 radical (unpaired) electrons. The van der Waals surface area contributed by atoms with Crippen LogP contribution in [0.2, 0.25) is 0 Å². The van der Waals surface area contributed by atoms with E-state index in [4.69, 9.17) is 13.7 Å². The molecular weight excluding hydrogens is 320 g/mol. The third-order valence-electron chi connectivity index (χ3n) is 2.97. The Morgan fingerprint density at radius 1 is 1.38 bits per heavy atom. The van der Waals surface area contributed by atoms with Gasteiger partial charge in [0.1, 0.15) is 4.92 Å². The number of nitrogens with zero attached hydrogens (tertiary/aromatic N) is 4. The van der Waals surface area contributed by atoms with Gasteiger partial charge in [0.2, 0.25) is 11.6 Å². The molecule has 3 rings (SSSR count). The molecule has 0 saturated carbocycles. The average molecular weight is 330 g/mol. The van der Waals surface area contributed by atoms with Crippen molar-refractivity contribution in [1.82, 2.24) is 15.1 Å². The Kier molecular flexibility index (Phi) is 4.01. The summed E-state index contributed by atoms with van der Waals surface area (Å²) in [7, 11) is 0. The lowest BCUT2D eigenvalue weighted by Gasteiger charge is -2.06. The molecule has 0 N–H and O–H groups in total. The van der Waals surface area contributed by atoms with Crippen LogP contribution in [0.5, 0.6) is 0 Å². The highest BCUT2D eigenvalue weighted by Crippen LogP contribution is 2.22. The molecular formula is C14H10N4O6. The zero-order valence-electron chi connectivity index (χ0n) is 12.3. The van der Waals surface area contributed by atoms with Crippen molar-refractivity contribution in [3.63, 3.8) is 0 Å². The average Bonchev–Trinajstić information content (AvgIpc) is 3.25. The molecule has 0 spiro atoms. The first-order valence-corrected chi connectivity index (χ1v) is 6.74. The summed E-state index contributed by atoms with van der Waals surface area (Å²) in [6.45, 7) is 1.52. The van der Waals surface area contributed by atoms with Crippen LogP contribution in [0.1, 0.15) is 29.5 Å². The Balaban J connectivity index is 1.70. The van der Waals surface area contributed by atoms with Crippen molar-refractivity contribution in [2.45, 2.75) is 13.0 Å². The van der Waals surface area contributed by atoms with Crippen LogP contribution in [0.3, 0.4) is 0 Å². The molecule has 0 bridgehead atoms. The molecule has 122 valence electrons. The second-order valence-electron chi connectivity index (χ2n) is 4.64. The van der Waals surface area contributed by atoms with Gasteiger partial charge in [-0.15, -0.1) is 0 Å². The van der Waals surface area contributed by atoms with Crippen molar-refractivity contribution in [1.29, 1.82) is 0 Å². The molecule has 1 atom stereocenters. The van der Waals surface area contributed by atoms with Gasteiger partial charge in [-0.05, 0) is 25.1 Å². The van der Waals surface area contributed by atoms with E-state index >= 15 is 0 Å². The van der Waals surface area contributed by atoms with Crippen LogP contribution in [0.15, 0.2) is 45.6 Å². The summed E-state index contributed by atoms with van der Waals surface area (Å²) in [4.78, 5) is 29.8. The van der Waals surface area contributed by atoms with Crippen molar-refractivity contribution in [2.24, 2.45) is 0 Å². The van der Waals surface area contributed by atoms with E-state index in [2.05, 4.69) is 15.1 Å². The zero-order valence-corrected chi connectivity index (χ0v) is 12.3. The minimum absolute atomic E-state index is 0.0725. The van der Waals surface area contributed by atoms with Crippen LogP contribution in [0.4, 0.5) is 5.88 Å². The Morgan fingerprint density at radius 3 is 2.88 bits per heavy atom. The summed E-state index contributed by atoms with van der Waals surface area (Å²) in [5, 5.41) is 14.3. The lowest BCUT2D eigenvalue weighted by Crippen LogP contribution is -2.08. The SMILES string of the molecule is CC(OC(=O)c1ccc([N+](=O)[O-])o1)c1nc(-c2cccnc2)no1. The first-order chi connectivity index (χ1) is 11.5. The topological polar surface area (TPSA) is 134 Å². The third-order valence-corrected chi connectivity index (χ3v) is 2.97. The number of esters is 1. The number of rotatable bonds is 5. The molecule has 24 heavy (non-hydrogen) atoms. The molecule has 0 aliphatic carbocycles. The summed E-state index contributed by atoms with van der Waals surface area (Å²) in [6.07, 6.45) is 2.31. The third kappa shape index (κ3) is 3.11. The number of hydrogen-bond donors (Lipinski definition) is 0. The quantitative estimate of drug-likeness (QED) is 0.393. The van der Waals surface area contributed by atoms with E-state index in [1.54, 1.807) is 24.5 Å². The number of hydrogen-bond acceptors (Lipinski definition) is 9. The van der Waals surface area contributed by atoms with Gasteiger partial charge in [0, 0.05) is 18.0 Å². The van der Waals surface area contributed by atoms with E-state index in [0.29, 0.717) is 11.4 Å². The highest BCUT2D eigenvalue weighted by atomic mass is 16.7. The molecule has 0 aliphatic rings. The standard InChI is InChI=1S/C14H10N4O6/c1-8(22-14(19)10-4-5-11(23-10)18(20)21)13-16-12(17-24-13)9-3-2-6-15-7-9/h2-8H,1H3. The van der Waals surface area contributed by atoms with Crippen molar-refractivity contribution in [3.05, 3.63) is 58.4 Å². The first kappa shape index (κ1) is 15.3. The van der Waals surface area contributed by atoms with Crippen LogP contribution in [-0.2, 0) is 4.74 Å². The maximum Gasteiger partial charge on any atom is 0.433 e. The van der Waals surface area contributed by atoms with E-state index in [-0.39, 0.29) is 11.7 Å². The van der Waals surface area contributed by atoms with Crippen LogP contribution in [0, 0.1) is 10.1 Å². The van der Waals surface area contributed by atoms with Gasteiger partial charge in [-0.3, -0.25) is 15.1 Å². The molecule has 10 nitrogen and oxygen atoms in total. The van der Waals surface area contributed by atoms with E-state index in [1.165, 1.54) is 6.92 Å². The fourth-order valence-electron chi connectivity index (χ4n) is 1.82. The predicted octanol–water partition coefficient (Wildman–Crippen LogP) is 2.55. The summed E-state index contributed by atoms with van der Waals surface area (Å²) in [6, 6.07) is 5.69. The summed E-state index contributed by atoms with van der Waals surface area (Å²) in [5.41, 5.74) is 0.646. The number of pyridine rings is 1. The fraction of sp³-hybridized carbons (Fsp3) is 0.143. The van der Waals surface area contributed by atoms with E-state index in [1.807, 2.05) is 0 Å². The number of nitro groups is 1. The second kappa shape index (κ2) is 6.28. The number of carbonyl (C=O) groups is 1. The molecule has 0 saturated heterocycles. The van der Waals surface area contributed by atoms with Gasteiger partial charge in [0.25, 0.3) is 5.89 Å². The molecule has 0 fully saturated rings. The summed E-state index contributed by atoms with van der Waals surface area (Å²) in [5.74, 6) is -1.35. The van der Waals surface area contributed by atoms with Crippen LogP contribution in [0.25, 0.3) is 11.4 Å². The van der Waals surface area contributed by atoms with Crippen molar-refractivity contribution >= 4 is 11.9 Å². The normalized spacial score (nSPS) is 11.9. The molecule has 3 aromatic heterocycles. The van der Waals surface area contributed by atoms with E-state index in [0.717, 1.165) is 12.1 Å². The van der Waals surface area contributed by atoms with Gasteiger partial charge in [-0.1, -0.05) is 5.16 Å². The zero-order chi connectivity index (χ0) is 17.1. The Hall–Kier alpha value is -3.56. The van der Waals surface area contributed by atoms with E-state index < -0.39 is 22.9 Å². The molecule has 0 aromatic carbocycles. The van der Waals surface area contributed by atoms with E-state index in [9.17, 15) is 14.9 Å². The largest absolute Gasteiger partial charge is 0.447 e. The molecule has 3 heterocycles. The smallest absolute Gasteiger partial charge is 0.433 e. The molecule has 3 aromatic rings. The highest BCUT2D eigenvalue weighted by Gasteiger charge is 2.24. The van der Waals surface area contributed by atoms with Gasteiger partial charge in [-0.25, -0.2) is 4.79 Å². The lowest BCUT2D eigenvalue weighted by atomic mass is 10.3. The maximum atomic E-state index is 11.9. The maximum absolute atomic E-state index is 11.9. The number of furan rings is 1. The molecule has 0 amide bonds. The van der Waals surface area contributed by atoms with Crippen molar-refractivity contribution in [2.75, 3.05) is 0 Å². The van der Waals surface area contributed by atoms with Crippen LogP contribution >= 0.6 is 0 Å². The van der Waals surface area contributed by atoms with Gasteiger partial charge < -0.3 is 13.7 Å². The molecule has 0 aliphatic heterocycles. The van der Waals surface area contributed by atoms with Gasteiger partial charge >= 0.3 is 11.9 Å². The summed E-state index contributed by atoms with van der Waals surface area (Å²) >= 11 is 0. The highest BCUT2D eigenvalue weighted by molar-refractivity contribution is 5.86. The first-order valence-electron chi connectivity index (χ1n) is 6.74. The Bertz CT molecular complexity index is 872. The van der Waals surface area contributed by atoms with Crippen molar-refractivity contribution < 1.29 is 23.4 Å². The number of carbonyl (C=O) groups excluding carboxylic acids is 1. The monoisotopic (exact) mass is 330 g/mol.